The van der Waals surface area contributed by atoms with Gasteiger partial charge in [-0.1, -0.05) is 0 Å². The highest BCUT2D eigenvalue weighted by Gasteiger charge is 2.46. The normalized spacial score (nSPS) is 24.6. The van der Waals surface area contributed by atoms with Gasteiger partial charge in [0.15, 0.2) is 0 Å². The van der Waals surface area contributed by atoms with Crippen molar-refractivity contribution in [3.8, 4) is 0 Å². The molecular weight excluding hydrogens is 234 g/mol. The predicted octanol–water partition coefficient (Wildman–Crippen LogP) is 1.66. The summed E-state index contributed by atoms with van der Waals surface area (Å²) in [4.78, 5) is 24.3. The number of carboxylic acid groups (broad SMARTS) is 1. The zero-order chi connectivity index (χ0) is 14.1. The van der Waals surface area contributed by atoms with Gasteiger partial charge in [0.2, 0.25) is 0 Å². The number of nitrogens with zero attached hydrogens (tertiary/aromatic N) is 1. The molecule has 1 saturated heterocycles. The third-order valence-electron chi connectivity index (χ3n) is 3.66. The molecule has 0 saturated carbocycles. The molecule has 1 heterocycles. The molecule has 1 atom stereocenters. The van der Waals surface area contributed by atoms with Crippen LogP contribution in [0.1, 0.15) is 47.5 Å². The van der Waals surface area contributed by atoms with Crippen LogP contribution in [0.25, 0.3) is 0 Å². The van der Waals surface area contributed by atoms with E-state index in [2.05, 4.69) is 0 Å². The molecule has 0 bridgehead atoms. The highest BCUT2D eigenvalue weighted by molar-refractivity contribution is 5.77. The molecule has 104 valence electrons. The van der Waals surface area contributed by atoms with E-state index in [0.29, 0.717) is 19.4 Å². The maximum atomic E-state index is 11.3. The quantitative estimate of drug-likeness (QED) is 0.779. The van der Waals surface area contributed by atoms with Crippen LogP contribution in [0.3, 0.4) is 0 Å². The monoisotopic (exact) mass is 257 g/mol. The first-order valence-electron chi connectivity index (χ1n) is 6.26. The number of hydrogen-bond donors (Lipinski definition) is 1. The predicted molar refractivity (Wildman–Crippen MR) is 67.3 cm³/mol. The Bertz CT molecular complexity index is 349. The van der Waals surface area contributed by atoms with E-state index in [1.54, 1.807) is 13.8 Å². The highest BCUT2D eigenvalue weighted by atomic mass is 16.5. The van der Waals surface area contributed by atoms with Crippen molar-refractivity contribution in [2.75, 3.05) is 6.54 Å². The van der Waals surface area contributed by atoms with Crippen LogP contribution in [-0.2, 0) is 14.3 Å². The fourth-order valence-corrected chi connectivity index (χ4v) is 2.83. The lowest BCUT2D eigenvalue weighted by atomic mass is 9.83. The molecule has 18 heavy (non-hydrogen) atoms. The number of esters is 1. The molecule has 0 amide bonds. The number of carboxylic acids is 1. The second kappa shape index (κ2) is 4.88. The molecule has 0 aromatic rings. The number of rotatable bonds is 3. The van der Waals surface area contributed by atoms with Gasteiger partial charge >= 0.3 is 11.9 Å². The maximum Gasteiger partial charge on any atom is 0.323 e. The van der Waals surface area contributed by atoms with Gasteiger partial charge in [-0.05, 0) is 34.1 Å². The van der Waals surface area contributed by atoms with Gasteiger partial charge in [0, 0.05) is 25.4 Å². The molecule has 1 aliphatic rings. The van der Waals surface area contributed by atoms with Crippen molar-refractivity contribution in [3.63, 3.8) is 0 Å². The molecule has 0 spiro atoms. The van der Waals surface area contributed by atoms with Crippen LogP contribution in [0.2, 0.25) is 0 Å². The summed E-state index contributed by atoms with van der Waals surface area (Å²) in [7, 11) is 0. The topological polar surface area (TPSA) is 66.8 Å². The standard InChI is InChI=1S/C13H23NO4/c1-9(15)18-10-6-7-14(12(2,3)8-10)13(4,5)11(16)17/h10H,6-8H2,1-5H3,(H,16,17). The summed E-state index contributed by atoms with van der Waals surface area (Å²) < 4.78 is 5.24. The average Bonchev–Trinajstić information content (AvgIpc) is 2.13. The fraction of sp³-hybridized carbons (Fsp3) is 0.846. The lowest BCUT2D eigenvalue weighted by molar-refractivity contribution is -0.164. The Morgan fingerprint density at radius 3 is 2.33 bits per heavy atom. The van der Waals surface area contributed by atoms with Crippen LogP contribution in [0.15, 0.2) is 0 Å². The third kappa shape index (κ3) is 3.02. The average molecular weight is 257 g/mol. The van der Waals surface area contributed by atoms with Gasteiger partial charge in [-0.3, -0.25) is 14.5 Å². The molecule has 1 fully saturated rings. The molecular formula is C13H23NO4. The smallest absolute Gasteiger partial charge is 0.323 e. The summed E-state index contributed by atoms with van der Waals surface area (Å²) in [6.45, 7) is 9.43. The Labute approximate surface area is 108 Å². The van der Waals surface area contributed by atoms with Crippen molar-refractivity contribution < 1.29 is 19.4 Å². The van der Waals surface area contributed by atoms with Crippen LogP contribution in [-0.4, -0.2) is 45.7 Å². The lowest BCUT2D eigenvalue weighted by Gasteiger charge is -2.51. The van der Waals surface area contributed by atoms with Gasteiger partial charge in [0.25, 0.3) is 0 Å². The van der Waals surface area contributed by atoms with Gasteiger partial charge in [-0.25, -0.2) is 0 Å². The zero-order valence-electron chi connectivity index (χ0n) is 11.8. The van der Waals surface area contributed by atoms with Gasteiger partial charge in [-0.15, -0.1) is 0 Å². The van der Waals surface area contributed by atoms with E-state index < -0.39 is 11.5 Å². The lowest BCUT2D eigenvalue weighted by Crippen LogP contribution is -2.63. The van der Waals surface area contributed by atoms with E-state index in [1.165, 1.54) is 6.92 Å². The molecule has 1 aliphatic heterocycles. The van der Waals surface area contributed by atoms with Crippen LogP contribution >= 0.6 is 0 Å². The van der Waals surface area contributed by atoms with Gasteiger partial charge in [0.05, 0.1) is 0 Å². The minimum atomic E-state index is -0.912. The number of aliphatic carboxylic acids is 1. The summed E-state index contributed by atoms with van der Waals surface area (Å²) in [5, 5.41) is 9.31. The van der Waals surface area contributed by atoms with Gasteiger partial charge in [0.1, 0.15) is 11.6 Å². The fourth-order valence-electron chi connectivity index (χ4n) is 2.83. The zero-order valence-corrected chi connectivity index (χ0v) is 11.8. The molecule has 5 heteroatoms. The van der Waals surface area contributed by atoms with Crippen LogP contribution < -0.4 is 0 Å². The Morgan fingerprint density at radius 2 is 1.94 bits per heavy atom. The van der Waals surface area contributed by atoms with E-state index in [-0.39, 0.29) is 17.6 Å². The van der Waals surface area contributed by atoms with E-state index in [4.69, 9.17) is 4.74 Å². The van der Waals surface area contributed by atoms with Crippen LogP contribution in [0, 0.1) is 0 Å². The van der Waals surface area contributed by atoms with E-state index in [1.807, 2.05) is 18.7 Å². The van der Waals surface area contributed by atoms with Crippen molar-refractivity contribution in [2.45, 2.75) is 64.6 Å². The minimum absolute atomic E-state index is 0.113. The molecule has 0 aromatic carbocycles. The first kappa shape index (κ1) is 15.0. The number of carbonyl (C=O) groups excluding carboxylic acids is 1. The number of carbonyl (C=O) groups is 2. The number of ether oxygens (including phenoxy) is 1. The number of piperidine rings is 1. The highest BCUT2D eigenvalue weighted by Crippen LogP contribution is 2.35. The summed E-state index contributed by atoms with van der Waals surface area (Å²) >= 11 is 0. The number of hydrogen-bond acceptors (Lipinski definition) is 4. The van der Waals surface area contributed by atoms with Crippen LogP contribution in [0.4, 0.5) is 0 Å². The second-order valence-electron chi connectivity index (χ2n) is 6.05. The molecule has 0 radical (unpaired) electrons. The largest absolute Gasteiger partial charge is 0.480 e. The van der Waals surface area contributed by atoms with Crippen molar-refractivity contribution in [1.29, 1.82) is 0 Å². The first-order valence-corrected chi connectivity index (χ1v) is 6.26. The first-order chi connectivity index (χ1) is 8.07. The summed E-state index contributed by atoms with van der Waals surface area (Å²) in [5.74, 6) is -1.11. The van der Waals surface area contributed by atoms with Crippen molar-refractivity contribution in [2.24, 2.45) is 0 Å². The Hall–Kier alpha value is -1.10. The number of likely N-dealkylation sites (tertiary alicyclic amines) is 1. The molecule has 1 rings (SSSR count). The second-order valence-corrected chi connectivity index (χ2v) is 6.05. The van der Waals surface area contributed by atoms with E-state index in [0.717, 1.165) is 0 Å². The summed E-state index contributed by atoms with van der Waals surface area (Å²) in [6.07, 6.45) is 1.22. The van der Waals surface area contributed by atoms with Crippen molar-refractivity contribution >= 4 is 11.9 Å². The van der Waals surface area contributed by atoms with Crippen LogP contribution in [0.5, 0.6) is 0 Å². The van der Waals surface area contributed by atoms with E-state index in [9.17, 15) is 14.7 Å². The molecule has 1 unspecified atom stereocenters. The third-order valence-corrected chi connectivity index (χ3v) is 3.66. The summed E-state index contributed by atoms with van der Waals surface area (Å²) in [6, 6.07) is 0. The molecule has 1 N–H and O–H groups in total. The molecule has 0 aromatic heterocycles. The van der Waals surface area contributed by atoms with Gasteiger partial charge in [-0.2, -0.15) is 0 Å². The summed E-state index contributed by atoms with van der Waals surface area (Å²) in [5.41, 5.74) is -1.22. The Balaban J connectivity index is 2.82. The molecule has 5 nitrogen and oxygen atoms in total. The Kier molecular flexibility index (Phi) is 4.05. The maximum absolute atomic E-state index is 11.3. The molecule has 0 aliphatic carbocycles. The SMILES string of the molecule is CC(=O)OC1CCN(C(C)(C)C(=O)O)C(C)(C)C1. The minimum Gasteiger partial charge on any atom is -0.480 e. The van der Waals surface area contributed by atoms with Crippen molar-refractivity contribution in [1.82, 2.24) is 4.90 Å². The van der Waals surface area contributed by atoms with E-state index >= 15 is 0 Å². The Morgan fingerprint density at radius 1 is 1.39 bits per heavy atom. The van der Waals surface area contributed by atoms with Crippen molar-refractivity contribution in [3.05, 3.63) is 0 Å². The van der Waals surface area contributed by atoms with Gasteiger partial charge < -0.3 is 9.84 Å².